The molecule has 0 aliphatic heterocycles. The Morgan fingerprint density at radius 3 is 2.35 bits per heavy atom. The third kappa shape index (κ3) is 3.83. The van der Waals surface area contributed by atoms with Crippen LogP contribution in [-0.2, 0) is 16.6 Å². The van der Waals surface area contributed by atoms with Gasteiger partial charge in [-0.15, -0.1) is 0 Å². The van der Waals surface area contributed by atoms with Crippen molar-refractivity contribution in [2.45, 2.75) is 37.9 Å². The first-order valence-electron chi connectivity index (χ1n) is 5.39. The Morgan fingerprint density at radius 2 is 1.88 bits per heavy atom. The summed E-state index contributed by atoms with van der Waals surface area (Å²) in [5.41, 5.74) is -0.0343. The molecule has 0 unspecified atom stereocenters. The summed E-state index contributed by atoms with van der Waals surface area (Å²) in [5.74, 6) is 0.611. The highest BCUT2D eigenvalue weighted by Gasteiger charge is 2.21. The van der Waals surface area contributed by atoms with Gasteiger partial charge in [0.15, 0.2) is 0 Å². The van der Waals surface area contributed by atoms with Crippen molar-refractivity contribution in [2.75, 3.05) is 14.1 Å². The molecular formula is C11H20N2O3S. The standard InChI is InChI=1S/C11H20N2O3S/c1-11(2,3)12-8-9-6-7-10(16-9)17(14,15)13(4)5/h6-7,12H,8H2,1-5H3. The van der Waals surface area contributed by atoms with Gasteiger partial charge in [0, 0.05) is 19.6 Å². The summed E-state index contributed by atoms with van der Waals surface area (Å²) in [6.45, 7) is 6.61. The Labute approximate surface area is 103 Å². The van der Waals surface area contributed by atoms with Gasteiger partial charge in [0.2, 0.25) is 5.09 Å². The van der Waals surface area contributed by atoms with E-state index in [0.717, 1.165) is 4.31 Å². The Hall–Kier alpha value is -0.850. The number of hydrogen-bond acceptors (Lipinski definition) is 4. The van der Waals surface area contributed by atoms with Crippen LogP contribution >= 0.6 is 0 Å². The van der Waals surface area contributed by atoms with E-state index in [9.17, 15) is 8.42 Å². The molecule has 0 aliphatic carbocycles. The molecule has 0 amide bonds. The lowest BCUT2D eigenvalue weighted by Gasteiger charge is -2.19. The van der Waals surface area contributed by atoms with E-state index in [4.69, 9.17) is 4.42 Å². The first-order valence-corrected chi connectivity index (χ1v) is 6.83. The number of hydrogen-bond donors (Lipinski definition) is 1. The third-order valence-electron chi connectivity index (χ3n) is 2.16. The molecule has 1 aromatic rings. The van der Waals surface area contributed by atoms with Crippen LogP contribution in [0, 0.1) is 0 Å². The summed E-state index contributed by atoms with van der Waals surface area (Å²) in [5, 5.41) is 3.21. The third-order valence-corrected chi connectivity index (χ3v) is 3.85. The monoisotopic (exact) mass is 260 g/mol. The SMILES string of the molecule is CN(C)S(=O)(=O)c1ccc(CNC(C)(C)C)o1. The fourth-order valence-electron chi connectivity index (χ4n) is 1.12. The molecular weight excluding hydrogens is 240 g/mol. The van der Waals surface area contributed by atoms with E-state index in [1.807, 2.05) is 20.8 Å². The van der Waals surface area contributed by atoms with Crippen molar-refractivity contribution in [3.63, 3.8) is 0 Å². The van der Waals surface area contributed by atoms with Crippen molar-refractivity contribution in [3.8, 4) is 0 Å². The van der Waals surface area contributed by atoms with E-state index < -0.39 is 10.0 Å². The molecule has 0 spiro atoms. The maximum atomic E-state index is 11.8. The fourth-order valence-corrected chi connectivity index (χ4v) is 1.94. The largest absolute Gasteiger partial charge is 0.447 e. The highest BCUT2D eigenvalue weighted by atomic mass is 32.2. The highest BCUT2D eigenvalue weighted by Crippen LogP contribution is 2.17. The minimum atomic E-state index is -3.47. The van der Waals surface area contributed by atoms with Crippen LogP contribution in [-0.4, -0.2) is 32.4 Å². The lowest BCUT2D eigenvalue weighted by atomic mass is 10.1. The van der Waals surface area contributed by atoms with Gasteiger partial charge < -0.3 is 9.73 Å². The number of rotatable bonds is 4. The molecule has 6 heteroatoms. The normalized spacial score (nSPS) is 13.3. The van der Waals surface area contributed by atoms with Gasteiger partial charge in [-0.1, -0.05) is 0 Å². The topological polar surface area (TPSA) is 62.6 Å². The van der Waals surface area contributed by atoms with E-state index in [0.29, 0.717) is 12.3 Å². The summed E-state index contributed by atoms with van der Waals surface area (Å²) >= 11 is 0. The van der Waals surface area contributed by atoms with Gasteiger partial charge in [0.25, 0.3) is 10.0 Å². The molecule has 1 aromatic heterocycles. The van der Waals surface area contributed by atoms with Gasteiger partial charge in [-0.25, -0.2) is 12.7 Å². The summed E-state index contributed by atoms with van der Waals surface area (Å²) < 4.78 is 30.0. The van der Waals surface area contributed by atoms with E-state index in [1.54, 1.807) is 6.07 Å². The minimum Gasteiger partial charge on any atom is -0.447 e. The van der Waals surface area contributed by atoms with Crippen molar-refractivity contribution in [1.29, 1.82) is 0 Å². The van der Waals surface area contributed by atoms with E-state index in [1.165, 1.54) is 20.2 Å². The predicted molar refractivity (Wildman–Crippen MR) is 66.2 cm³/mol. The predicted octanol–water partition coefficient (Wildman–Crippen LogP) is 1.42. The van der Waals surface area contributed by atoms with Crippen molar-refractivity contribution in [2.24, 2.45) is 0 Å². The van der Waals surface area contributed by atoms with Gasteiger partial charge in [0.05, 0.1) is 6.54 Å². The molecule has 1 heterocycles. The maximum absolute atomic E-state index is 11.8. The van der Waals surface area contributed by atoms with Gasteiger partial charge in [-0.2, -0.15) is 0 Å². The van der Waals surface area contributed by atoms with Gasteiger partial charge >= 0.3 is 0 Å². The molecule has 98 valence electrons. The number of nitrogens with zero attached hydrogens (tertiary/aromatic N) is 1. The average Bonchev–Trinajstić information content (AvgIpc) is 2.62. The second-order valence-electron chi connectivity index (χ2n) is 5.11. The lowest BCUT2D eigenvalue weighted by molar-refractivity contribution is 0.355. The van der Waals surface area contributed by atoms with Crippen molar-refractivity contribution in [1.82, 2.24) is 9.62 Å². The highest BCUT2D eigenvalue weighted by molar-refractivity contribution is 7.88. The van der Waals surface area contributed by atoms with Crippen LogP contribution in [0.3, 0.4) is 0 Å². The molecule has 0 aromatic carbocycles. The van der Waals surface area contributed by atoms with Crippen molar-refractivity contribution in [3.05, 3.63) is 17.9 Å². The molecule has 0 fully saturated rings. The van der Waals surface area contributed by atoms with Gasteiger partial charge in [-0.3, -0.25) is 0 Å². The quantitative estimate of drug-likeness (QED) is 0.889. The number of nitrogens with one attached hydrogen (secondary N) is 1. The van der Waals surface area contributed by atoms with Crippen LogP contribution in [0.1, 0.15) is 26.5 Å². The van der Waals surface area contributed by atoms with Gasteiger partial charge in [-0.05, 0) is 32.9 Å². The smallest absolute Gasteiger partial charge is 0.275 e. The maximum Gasteiger partial charge on any atom is 0.275 e. The minimum absolute atomic E-state index is 0.0202. The molecule has 0 saturated heterocycles. The van der Waals surface area contributed by atoms with E-state index >= 15 is 0 Å². The molecule has 0 aliphatic rings. The second-order valence-corrected chi connectivity index (χ2v) is 7.19. The second kappa shape index (κ2) is 4.80. The number of sulfonamides is 1. The zero-order chi connectivity index (χ0) is 13.3. The lowest BCUT2D eigenvalue weighted by Crippen LogP contribution is -2.34. The molecule has 0 radical (unpaired) electrons. The summed E-state index contributed by atoms with van der Waals surface area (Å²) in [6, 6.07) is 3.16. The molecule has 17 heavy (non-hydrogen) atoms. The van der Waals surface area contributed by atoms with Crippen LogP contribution in [0.2, 0.25) is 0 Å². The summed E-state index contributed by atoms with van der Waals surface area (Å²) in [6.07, 6.45) is 0. The molecule has 0 atom stereocenters. The zero-order valence-corrected chi connectivity index (χ0v) is 11.8. The Bertz CT molecular complexity index is 469. The molecule has 1 N–H and O–H groups in total. The Kier molecular flexibility index (Phi) is 4.01. The van der Waals surface area contributed by atoms with Crippen molar-refractivity contribution < 1.29 is 12.8 Å². The Balaban J connectivity index is 2.80. The first-order chi connectivity index (χ1) is 7.63. The van der Waals surface area contributed by atoms with Crippen LogP contribution in [0.4, 0.5) is 0 Å². The van der Waals surface area contributed by atoms with E-state index in [-0.39, 0.29) is 10.6 Å². The molecule has 0 bridgehead atoms. The number of furan rings is 1. The average molecular weight is 260 g/mol. The Morgan fingerprint density at radius 1 is 1.29 bits per heavy atom. The van der Waals surface area contributed by atoms with E-state index in [2.05, 4.69) is 5.32 Å². The molecule has 5 nitrogen and oxygen atoms in total. The van der Waals surface area contributed by atoms with Crippen LogP contribution in [0.25, 0.3) is 0 Å². The van der Waals surface area contributed by atoms with Crippen LogP contribution in [0.5, 0.6) is 0 Å². The molecule has 1 rings (SSSR count). The molecule has 0 saturated carbocycles. The summed E-state index contributed by atoms with van der Waals surface area (Å²) in [4.78, 5) is 0. The zero-order valence-electron chi connectivity index (χ0n) is 10.9. The van der Waals surface area contributed by atoms with Crippen molar-refractivity contribution >= 4 is 10.0 Å². The fraction of sp³-hybridized carbons (Fsp3) is 0.636. The van der Waals surface area contributed by atoms with Crippen LogP contribution in [0.15, 0.2) is 21.6 Å². The summed E-state index contributed by atoms with van der Waals surface area (Å²) in [7, 11) is -0.517. The first kappa shape index (κ1) is 14.2. The van der Waals surface area contributed by atoms with Crippen LogP contribution < -0.4 is 5.32 Å². The van der Waals surface area contributed by atoms with Gasteiger partial charge in [0.1, 0.15) is 5.76 Å².